The van der Waals surface area contributed by atoms with Gasteiger partial charge in [-0.3, -0.25) is 0 Å². The van der Waals surface area contributed by atoms with Crippen LogP contribution in [0.4, 0.5) is 11.4 Å². The molecular weight excluding hydrogens is 350 g/mol. The van der Waals surface area contributed by atoms with Gasteiger partial charge in [0, 0.05) is 23.7 Å². The number of anilines is 2. The highest BCUT2D eigenvalue weighted by Crippen LogP contribution is 2.52. The molecule has 1 aliphatic carbocycles. The number of nitrogens with zero attached hydrogens (tertiary/aromatic N) is 1. The van der Waals surface area contributed by atoms with Crippen LogP contribution in [0.25, 0.3) is 11.1 Å². The van der Waals surface area contributed by atoms with Gasteiger partial charge in [0.15, 0.2) is 0 Å². The lowest BCUT2D eigenvalue weighted by Crippen LogP contribution is -2.38. The van der Waals surface area contributed by atoms with Crippen molar-refractivity contribution in [3.63, 3.8) is 0 Å². The molecule has 0 N–H and O–H groups in total. The molecule has 0 saturated carbocycles. The number of hydrogen-bond acceptors (Lipinski definition) is 1. The lowest BCUT2D eigenvalue weighted by molar-refractivity contribution is 0.557. The molecule has 0 heterocycles. The molecule has 0 spiro atoms. The maximum Gasteiger partial charge on any atom is 0.0457 e. The van der Waals surface area contributed by atoms with Gasteiger partial charge in [0.2, 0.25) is 0 Å². The Labute approximate surface area is 177 Å². The number of rotatable bonds is 3. The molecule has 0 radical (unpaired) electrons. The van der Waals surface area contributed by atoms with Crippen LogP contribution in [0.15, 0.2) is 66.7 Å². The van der Waals surface area contributed by atoms with Gasteiger partial charge in [-0.25, -0.2) is 0 Å². The Morgan fingerprint density at radius 3 is 2.07 bits per heavy atom. The number of benzene rings is 3. The van der Waals surface area contributed by atoms with Crippen LogP contribution < -0.4 is 4.90 Å². The molecule has 0 fully saturated rings. The number of para-hydroxylation sites is 1. The zero-order valence-electron chi connectivity index (χ0n) is 19.8. The summed E-state index contributed by atoms with van der Waals surface area (Å²) in [5, 5.41) is 0. The van der Waals surface area contributed by atoms with Crippen molar-refractivity contribution < 1.29 is 1.37 Å². The van der Waals surface area contributed by atoms with Gasteiger partial charge >= 0.3 is 0 Å². The monoisotopic (exact) mass is 384 g/mol. The van der Waals surface area contributed by atoms with E-state index < -0.39 is 5.89 Å². The molecule has 4 rings (SSSR count). The van der Waals surface area contributed by atoms with Crippen molar-refractivity contribution in [2.45, 2.75) is 65.3 Å². The topological polar surface area (TPSA) is 3.24 Å². The SMILES string of the molecule is [2H]C(C)(C)c1cc2c(cc1N(c1ccccc1)C(C)(C)C)-c1ccccc1C2(C)C. The molecule has 0 aromatic heterocycles. The summed E-state index contributed by atoms with van der Waals surface area (Å²) in [5.74, 6) is -0.715. The van der Waals surface area contributed by atoms with Crippen LogP contribution in [-0.4, -0.2) is 5.54 Å². The first-order chi connectivity index (χ1) is 13.9. The summed E-state index contributed by atoms with van der Waals surface area (Å²) < 4.78 is 9.00. The van der Waals surface area contributed by atoms with Gasteiger partial charge < -0.3 is 4.90 Å². The predicted molar refractivity (Wildman–Crippen MR) is 126 cm³/mol. The van der Waals surface area contributed by atoms with Crippen LogP contribution in [0.2, 0.25) is 0 Å². The summed E-state index contributed by atoms with van der Waals surface area (Å²) in [4.78, 5) is 2.40. The second kappa shape index (κ2) is 6.76. The fourth-order valence-electron chi connectivity index (χ4n) is 4.79. The van der Waals surface area contributed by atoms with Gasteiger partial charge in [-0.15, -0.1) is 0 Å². The minimum absolute atomic E-state index is 0.0657. The molecule has 150 valence electrons. The van der Waals surface area contributed by atoms with Crippen LogP contribution in [0.1, 0.15) is 72.4 Å². The van der Waals surface area contributed by atoms with Crippen molar-refractivity contribution >= 4 is 11.4 Å². The van der Waals surface area contributed by atoms with E-state index in [0.717, 1.165) is 16.9 Å². The van der Waals surface area contributed by atoms with E-state index in [2.05, 4.69) is 106 Å². The molecule has 29 heavy (non-hydrogen) atoms. The van der Waals surface area contributed by atoms with Crippen molar-refractivity contribution in [2.24, 2.45) is 0 Å². The van der Waals surface area contributed by atoms with E-state index in [1.54, 1.807) is 0 Å². The van der Waals surface area contributed by atoms with Gasteiger partial charge in [0.1, 0.15) is 0 Å². The van der Waals surface area contributed by atoms with E-state index in [0.29, 0.717) is 0 Å². The first-order valence-electron chi connectivity index (χ1n) is 11.1. The zero-order valence-corrected chi connectivity index (χ0v) is 18.8. The highest BCUT2D eigenvalue weighted by atomic mass is 15.2. The molecule has 1 aliphatic rings. The molecule has 0 aliphatic heterocycles. The fraction of sp³-hybridized carbons (Fsp3) is 0.357. The minimum Gasteiger partial charge on any atom is -0.336 e. The van der Waals surface area contributed by atoms with Crippen molar-refractivity contribution in [1.29, 1.82) is 0 Å². The van der Waals surface area contributed by atoms with E-state index in [-0.39, 0.29) is 11.0 Å². The van der Waals surface area contributed by atoms with E-state index in [1.165, 1.54) is 22.3 Å². The first-order valence-corrected chi connectivity index (χ1v) is 10.6. The van der Waals surface area contributed by atoms with Crippen LogP contribution in [-0.2, 0) is 5.41 Å². The summed E-state index contributed by atoms with van der Waals surface area (Å²) in [6.45, 7) is 15.3. The summed E-state index contributed by atoms with van der Waals surface area (Å²) in [5.41, 5.74) is 8.45. The Kier molecular flexibility index (Phi) is 4.31. The molecule has 0 atom stereocenters. The lowest BCUT2D eigenvalue weighted by Gasteiger charge is -2.40. The average Bonchev–Trinajstić information content (AvgIpc) is 2.88. The predicted octanol–water partition coefficient (Wildman–Crippen LogP) is 8.05. The molecule has 0 saturated heterocycles. The summed E-state index contributed by atoms with van der Waals surface area (Å²) in [6.07, 6.45) is 0. The van der Waals surface area contributed by atoms with Crippen LogP contribution in [0, 0.1) is 0 Å². The maximum absolute atomic E-state index is 9.00. The number of fused-ring (bicyclic) bond motifs is 3. The first kappa shape index (κ1) is 18.5. The second-order valence-electron chi connectivity index (χ2n) is 9.93. The average molecular weight is 385 g/mol. The van der Waals surface area contributed by atoms with Crippen molar-refractivity contribution in [2.75, 3.05) is 4.90 Å². The molecule has 0 unspecified atom stereocenters. The molecule has 1 heteroatoms. The maximum atomic E-state index is 9.00. The van der Waals surface area contributed by atoms with Crippen molar-refractivity contribution in [3.8, 4) is 11.1 Å². The van der Waals surface area contributed by atoms with Crippen LogP contribution in [0.3, 0.4) is 0 Å². The van der Waals surface area contributed by atoms with E-state index in [9.17, 15) is 0 Å². The van der Waals surface area contributed by atoms with Gasteiger partial charge in [0.05, 0.1) is 0 Å². The standard InChI is InChI=1S/C28H33N/c1-19(2)22-17-25-23(21-15-11-12-16-24(21)28(25,6)7)18-26(22)29(27(3,4)5)20-13-9-8-10-14-20/h8-19H,1-7H3/i19D. The van der Waals surface area contributed by atoms with Gasteiger partial charge in [-0.2, -0.15) is 0 Å². The van der Waals surface area contributed by atoms with Gasteiger partial charge in [-0.1, -0.05) is 76.2 Å². The molecular formula is C28H33N. The molecule has 3 aromatic carbocycles. The third-order valence-corrected chi connectivity index (χ3v) is 6.16. The Bertz CT molecular complexity index is 1080. The third-order valence-electron chi connectivity index (χ3n) is 6.16. The quantitative estimate of drug-likeness (QED) is 0.441. The highest BCUT2D eigenvalue weighted by molar-refractivity contribution is 5.86. The second-order valence-corrected chi connectivity index (χ2v) is 9.93. The molecule has 3 aromatic rings. The van der Waals surface area contributed by atoms with Crippen molar-refractivity contribution in [1.82, 2.24) is 0 Å². The van der Waals surface area contributed by atoms with Crippen LogP contribution >= 0.6 is 0 Å². The summed E-state index contributed by atoms with van der Waals surface area (Å²) >= 11 is 0. The summed E-state index contributed by atoms with van der Waals surface area (Å²) in [6, 6.07) is 24.0. The smallest absolute Gasteiger partial charge is 0.0457 e. The normalized spacial score (nSPS) is 15.5. The third kappa shape index (κ3) is 3.17. The molecule has 0 bridgehead atoms. The number of hydrogen-bond donors (Lipinski definition) is 0. The summed E-state index contributed by atoms with van der Waals surface area (Å²) in [7, 11) is 0. The molecule has 0 amide bonds. The van der Waals surface area contributed by atoms with E-state index in [4.69, 9.17) is 1.37 Å². The highest BCUT2D eigenvalue weighted by Gasteiger charge is 2.37. The Morgan fingerprint density at radius 1 is 0.828 bits per heavy atom. The molecule has 1 nitrogen and oxygen atoms in total. The van der Waals surface area contributed by atoms with E-state index in [1.807, 2.05) is 13.8 Å². The Balaban J connectivity index is 2.06. The Morgan fingerprint density at radius 2 is 1.45 bits per heavy atom. The van der Waals surface area contributed by atoms with Crippen LogP contribution in [0.5, 0.6) is 0 Å². The lowest BCUT2D eigenvalue weighted by atomic mass is 9.81. The minimum atomic E-state index is -0.715. The largest absolute Gasteiger partial charge is 0.336 e. The van der Waals surface area contributed by atoms with Crippen molar-refractivity contribution in [3.05, 3.63) is 83.4 Å². The zero-order chi connectivity index (χ0) is 21.9. The van der Waals surface area contributed by atoms with E-state index >= 15 is 0 Å². The Hall–Kier alpha value is -2.54. The fourth-order valence-corrected chi connectivity index (χ4v) is 4.79. The van der Waals surface area contributed by atoms with Gasteiger partial charge in [-0.05, 0) is 72.7 Å². The van der Waals surface area contributed by atoms with Gasteiger partial charge in [0.25, 0.3) is 0 Å².